The second-order valence-electron chi connectivity index (χ2n) is 6.55. The van der Waals surface area contributed by atoms with Gasteiger partial charge >= 0.3 is 0 Å². The molecular weight excluding hydrogens is 340 g/mol. The molecule has 0 aliphatic heterocycles. The minimum Gasteiger partial charge on any atom is -0.493 e. The highest BCUT2D eigenvalue weighted by Crippen LogP contribution is 2.28. The summed E-state index contributed by atoms with van der Waals surface area (Å²) in [6.45, 7) is 6.67. The molecule has 27 heavy (non-hydrogen) atoms. The molecule has 1 atom stereocenters. The van der Waals surface area contributed by atoms with Crippen molar-refractivity contribution < 1.29 is 14.6 Å². The molecular formula is C22H30N2O3. The van der Waals surface area contributed by atoms with Gasteiger partial charge in [0.1, 0.15) is 12.7 Å². The molecule has 0 spiro atoms. The predicted molar refractivity (Wildman–Crippen MR) is 109 cm³/mol. The minimum absolute atomic E-state index is 0.207. The van der Waals surface area contributed by atoms with Crippen LogP contribution in [0.25, 0.3) is 0 Å². The van der Waals surface area contributed by atoms with E-state index in [1.165, 1.54) is 5.56 Å². The van der Waals surface area contributed by atoms with Crippen LogP contribution >= 0.6 is 0 Å². The van der Waals surface area contributed by atoms with Gasteiger partial charge in [0.25, 0.3) is 0 Å². The van der Waals surface area contributed by atoms with Crippen molar-refractivity contribution in [3.05, 3.63) is 72.3 Å². The summed E-state index contributed by atoms with van der Waals surface area (Å²) in [5.41, 5.74) is 2.30. The van der Waals surface area contributed by atoms with Crippen molar-refractivity contribution >= 4 is 0 Å². The molecule has 0 heterocycles. The van der Waals surface area contributed by atoms with Crippen LogP contribution in [0.4, 0.5) is 0 Å². The topological polar surface area (TPSA) is 54.0 Å². The van der Waals surface area contributed by atoms with Crippen LogP contribution in [0, 0.1) is 0 Å². The Balaban J connectivity index is 1.86. The maximum atomic E-state index is 10.3. The zero-order valence-corrected chi connectivity index (χ0v) is 16.2. The van der Waals surface area contributed by atoms with Crippen LogP contribution in [-0.2, 0) is 13.1 Å². The Hall–Kier alpha value is -2.34. The van der Waals surface area contributed by atoms with E-state index in [0.717, 1.165) is 25.2 Å². The van der Waals surface area contributed by atoms with E-state index in [9.17, 15) is 5.11 Å². The van der Waals surface area contributed by atoms with E-state index in [1.54, 1.807) is 7.11 Å². The average Bonchev–Trinajstić information content (AvgIpc) is 2.67. The first-order valence-corrected chi connectivity index (χ1v) is 9.14. The second-order valence-corrected chi connectivity index (χ2v) is 6.55. The van der Waals surface area contributed by atoms with Gasteiger partial charge < -0.3 is 19.9 Å². The molecule has 0 fully saturated rings. The molecule has 2 aromatic carbocycles. The summed E-state index contributed by atoms with van der Waals surface area (Å²) in [5.74, 6) is 1.30. The van der Waals surface area contributed by atoms with E-state index < -0.39 is 6.10 Å². The van der Waals surface area contributed by atoms with Crippen LogP contribution in [0.3, 0.4) is 0 Å². The van der Waals surface area contributed by atoms with Crippen molar-refractivity contribution in [3.63, 3.8) is 0 Å². The second kappa shape index (κ2) is 11.4. The summed E-state index contributed by atoms with van der Waals surface area (Å²) in [6, 6.07) is 16.0. The number of ether oxygens (including phenoxy) is 2. The number of nitrogens with one attached hydrogen (secondary N) is 1. The van der Waals surface area contributed by atoms with Crippen molar-refractivity contribution in [1.82, 2.24) is 10.2 Å². The van der Waals surface area contributed by atoms with Crippen molar-refractivity contribution in [1.29, 1.82) is 0 Å². The Morgan fingerprint density at radius 3 is 2.63 bits per heavy atom. The standard InChI is InChI=1S/C22H30N2O3/c1-4-12-23-14-19-10-11-21(26-3)22(13-19)27-17-20(25)16-24(2)15-18-8-6-5-7-9-18/h4-11,13,20,23,25H,1,12,14-17H2,2-3H3/t20-/m0/s1. The van der Waals surface area contributed by atoms with Crippen molar-refractivity contribution in [2.75, 3.05) is 33.9 Å². The van der Waals surface area contributed by atoms with Gasteiger partial charge in [-0.25, -0.2) is 0 Å². The molecule has 0 unspecified atom stereocenters. The maximum absolute atomic E-state index is 10.3. The van der Waals surface area contributed by atoms with Crippen LogP contribution < -0.4 is 14.8 Å². The third kappa shape index (κ3) is 7.43. The van der Waals surface area contributed by atoms with Gasteiger partial charge in [-0.1, -0.05) is 42.5 Å². The first-order valence-electron chi connectivity index (χ1n) is 9.14. The lowest BCUT2D eigenvalue weighted by atomic mass is 10.2. The molecule has 5 heteroatoms. The molecule has 0 radical (unpaired) electrons. The van der Waals surface area contributed by atoms with Crippen LogP contribution in [0.5, 0.6) is 11.5 Å². The highest BCUT2D eigenvalue weighted by Gasteiger charge is 2.12. The van der Waals surface area contributed by atoms with Gasteiger partial charge in [-0.15, -0.1) is 6.58 Å². The first-order chi connectivity index (χ1) is 13.1. The Kier molecular flexibility index (Phi) is 8.84. The van der Waals surface area contributed by atoms with Gasteiger partial charge in [0.15, 0.2) is 11.5 Å². The van der Waals surface area contributed by atoms with E-state index >= 15 is 0 Å². The quantitative estimate of drug-likeness (QED) is 0.444. The third-order valence-corrected chi connectivity index (χ3v) is 4.09. The van der Waals surface area contributed by atoms with Gasteiger partial charge in [0.05, 0.1) is 7.11 Å². The normalized spacial score (nSPS) is 12.0. The predicted octanol–water partition coefficient (Wildman–Crippen LogP) is 2.84. The molecule has 0 amide bonds. The van der Waals surface area contributed by atoms with Crippen molar-refractivity contribution in [2.24, 2.45) is 0 Å². The molecule has 0 bridgehead atoms. The Morgan fingerprint density at radius 1 is 1.15 bits per heavy atom. The van der Waals surface area contributed by atoms with E-state index in [0.29, 0.717) is 18.0 Å². The fraction of sp³-hybridized carbons (Fsp3) is 0.364. The number of aliphatic hydroxyl groups excluding tert-OH is 1. The van der Waals surface area contributed by atoms with Crippen LogP contribution in [0.1, 0.15) is 11.1 Å². The minimum atomic E-state index is -0.592. The van der Waals surface area contributed by atoms with Gasteiger partial charge in [-0.3, -0.25) is 4.90 Å². The summed E-state index contributed by atoms with van der Waals surface area (Å²) >= 11 is 0. The number of methoxy groups -OCH3 is 1. The third-order valence-electron chi connectivity index (χ3n) is 4.09. The molecule has 0 aromatic heterocycles. The molecule has 0 saturated heterocycles. The number of nitrogens with zero attached hydrogens (tertiary/aromatic N) is 1. The first kappa shape index (κ1) is 21.0. The lowest BCUT2D eigenvalue weighted by Gasteiger charge is -2.21. The monoisotopic (exact) mass is 370 g/mol. The van der Waals surface area contributed by atoms with Gasteiger partial charge in [0, 0.05) is 26.2 Å². The van der Waals surface area contributed by atoms with Crippen molar-refractivity contribution in [3.8, 4) is 11.5 Å². The molecule has 146 valence electrons. The fourth-order valence-electron chi connectivity index (χ4n) is 2.82. The summed E-state index contributed by atoms with van der Waals surface area (Å²) < 4.78 is 11.2. The number of hydrogen-bond acceptors (Lipinski definition) is 5. The van der Waals surface area contributed by atoms with E-state index in [4.69, 9.17) is 9.47 Å². The molecule has 0 aliphatic rings. The Morgan fingerprint density at radius 2 is 1.93 bits per heavy atom. The summed E-state index contributed by atoms with van der Waals surface area (Å²) in [5, 5.41) is 13.6. The molecule has 2 N–H and O–H groups in total. The van der Waals surface area contributed by atoms with Crippen LogP contribution in [0.15, 0.2) is 61.2 Å². The summed E-state index contributed by atoms with van der Waals surface area (Å²) in [7, 11) is 3.60. The van der Waals surface area contributed by atoms with Crippen LogP contribution in [-0.4, -0.2) is 50.0 Å². The number of likely N-dealkylation sites (N-methyl/N-ethyl adjacent to an activating group) is 1. The SMILES string of the molecule is C=CCNCc1ccc(OC)c(OC[C@@H](O)CN(C)Cc2ccccc2)c1. The highest BCUT2D eigenvalue weighted by atomic mass is 16.5. The van der Waals surface area contributed by atoms with Gasteiger partial charge in [-0.05, 0) is 30.3 Å². The molecule has 5 nitrogen and oxygen atoms in total. The zero-order chi connectivity index (χ0) is 19.5. The molecule has 0 aliphatic carbocycles. The maximum Gasteiger partial charge on any atom is 0.161 e. The lowest BCUT2D eigenvalue weighted by Crippen LogP contribution is -2.32. The highest BCUT2D eigenvalue weighted by molar-refractivity contribution is 5.43. The molecule has 2 aromatic rings. The van der Waals surface area contributed by atoms with Gasteiger partial charge in [0.2, 0.25) is 0 Å². The smallest absolute Gasteiger partial charge is 0.161 e. The van der Waals surface area contributed by atoms with Gasteiger partial charge in [-0.2, -0.15) is 0 Å². The van der Waals surface area contributed by atoms with Crippen molar-refractivity contribution in [2.45, 2.75) is 19.2 Å². The number of hydrogen-bond donors (Lipinski definition) is 2. The Labute approximate surface area is 162 Å². The zero-order valence-electron chi connectivity index (χ0n) is 16.2. The molecule has 0 saturated carbocycles. The number of rotatable bonds is 12. The summed E-state index contributed by atoms with van der Waals surface area (Å²) in [6.07, 6.45) is 1.23. The largest absolute Gasteiger partial charge is 0.493 e. The summed E-state index contributed by atoms with van der Waals surface area (Å²) in [4.78, 5) is 2.08. The lowest BCUT2D eigenvalue weighted by molar-refractivity contribution is 0.0732. The van der Waals surface area contributed by atoms with Crippen LogP contribution in [0.2, 0.25) is 0 Å². The average molecular weight is 370 g/mol. The molecule has 2 rings (SSSR count). The number of aliphatic hydroxyl groups is 1. The number of benzene rings is 2. The Bertz CT molecular complexity index is 691. The fourth-order valence-corrected chi connectivity index (χ4v) is 2.82. The van der Waals surface area contributed by atoms with E-state index in [2.05, 4.69) is 28.9 Å². The van der Waals surface area contributed by atoms with E-state index in [1.807, 2.05) is 49.5 Å². The van der Waals surface area contributed by atoms with E-state index in [-0.39, 0.29) is 6.61 Å².